The van der Waals surface area contributed by atoms with Crippen molar-refractivity contribution in [3.8, 4) is 0 Å². The van der Waals surface area contributed by atoms with Gasteiger partial charge in [-0.15, -0.1) is 0 Å². The first kappa shape index (κ1) is 14.7. The zero-order valence-electron chi connectivity index (χ0n) is 11.1. The average Bonchev–Trinajstić information content (AvgIpc) is 2.39. The van der Waals surface area contributed by atoms with Crippen molar-refractivity contribution >= 4 is 5.91 Å². The molecule has 0 atom stereocenters. The Bertz CT molecular complexity index is 363. The fourth-order valence-corrected chi connectivity index (χ4v) is 1.78. The normalized spacial score (nSPS) is 10.7. The summed E-state index contributed by atoms with van der Waals surface area (Å²) in [6, 6.07) is 7.93. The van der Waals surface area contributed by atoms with E-state index in [1.54, 1.807) is 7.05 Å². The molecule has 100 valence electrons. The number of benzene rings is 1. The summed E-state index contributed by atoms with van der Waals surface area (Å²) in [5, 5.41) is 11.6. The summed E-state index contributed by atoms with van der Waals surface area (Å²) < 4.78 is 0. The van der Waals surface area contributed by atoms with Gasteiger partial charge in [0.1, 0.15) is 0 Å². The van der Waals surface area contributed by atoms with E-state index in [9.17, 15) is 4.79 Å². The first-order valence-corrected chi connectivity index (χ1v) is 6.23. The second-order valence-electron chi connectivity index (χ2n) is 4.49. The molecule has 0 bridgehead atoms. The van der Waals surface area contributed by atoms with Gasteiger partial charge in [0, 0.05) is 20.0 Å². The highest BCUT2D eigenvalue weighted by atomic mass is 16.3. The highest BCUT2D eigenvalue weighted by Gasteiger charge is 2.02. The van der Waals surface area contributed by atoms with Gasteiger partial charge >= 0.3 is 0 Å². The van der Waals surface area contributed by atoms with Crippen molar-refractivity contribution in [1.29, 1.82) is 0 Å². The summed E-state index contributed by atoms with van der Waals surface area (Å²) in [4.78, 5) is 13.3. The number of hydrogen-bond acceptors (Lipinski definition) is 3. The van der Waals surface area contributed by atoms with Gasteiger partial charge in [0.25, 0.3) is 0 Å². The number of aliphatic hydroxyl groups excluding tert-OH is 1. The van der Waals surface area contributed by atoms with Crippen molar-refractivity contribution < 1.29 is 9.90 Å². The molecule has 0 unspecified atom stereocenters. The monoisotopic (exact) mass is 250 g/mol. The van der Waals surface area contributed by atoms with Crippen molar-refractivity contribution in [2.24, 2.45) is 0 Å². The second kappa shape index (κ2) is 7.84. The van der Waals surface area contributed by atoms with Gasteiger partial charge in [0.2, 0.25) is 5.91 Å². The molecule has 18 heavy (non-hydrogen) atoms. The molecule has 0 aliphatic carbocycles. The topological polar surface area (TPSA) is 52.6 Å². The molecule has 0 heterocycles. The lowest BCUT2D eigenvalue weighted by Gasteiger charge is -2.16. The summed E-state index contributed by atoms with van der Waals surface area (Å²) in [6.45, 7) is 1.84. The van der Waals surface area contributed by atoms with Crippen LogP contribution >= 0.6 is 0 Å². The minimum atomic E-state index is 0.0856. The molecule has 0 saturated carbocycles. The minimum Gasteiger partial charge on any atom is -0.392 e. The van der Waals surface area contributed by atoms with Crippen molar-refractivity contribution in [2.45, 2.75) is 26.0 Å². The van der Waals surface area contributed by atoms with E-state index in [1.165, 1.54) is 5.56 Å². The van der Waals surface area contributed by atoms with Gasteiger partial charge in [-0.1, -0.05) is 24.3 Å². The van der Waals surface area contributed by atoms with Crippen molar-refractivity contribution in [3.63, 3.8) is 0 Å². The molecule has 0 aliphatic heterocycles. The van der Waals surface area contributed by atoms with E-state index in [2.05, 4.69) is 10.2 Å². The molecule has 4 nitrogen and oxygen atoms in total. The van der Waals surface area contributed by atoms with Crippen LogP contribution in [0.1, 0.15) is 24.0 Å². The Labute approximate surface area is 109 Å². The molecule has 0 aromatic heterocycles. The van der Waals surface area contributed by atoms with E-state index in [0.717, 1.165) is 25.1 Å². The number of hydrogen-bond donors (Lipinski definition) is 2. The van der Waals surface area contributed by atoms with Gasteiger partial charge in [-0.05, 0) is 31.1 Å². The van der Waals surface area contributed by atoms with E-state index in [4.69, 9.17) is 5.11 Å². The molecule has 1 aromatic carbocycles. The largest absolute Gasteiger partial charge is 0.392 e. The third-order valence-corrected chi connectivity index (χ3v) is 2.88. The van der Waals surface area contributed by atoms with Crippen LogP contribution in [-0.2, 0) is 17.9 Å². The molecule has 1 rings (SSSR count). The van der Waals surface area contributed by atoms with Crippen LogP contribution in [-0.4, -0.2) is 36.6 Å². The van der Waals surface area contributed by atoms with Gasteiger partial charge < -0.3 is 15.3 Å². The zero-order chi connectivity index (χ0) is 13.4. The molecule has 1 amide bonds. The summed E-state index contributed by atoms with van der Waals surface area (Å²) in [6.07, 6.45) is 1.44. The molecule has 2 N–H and O–H groups in total. The summed E-state index contributed by atoms with van der Waals surface area (Å²) in [5.74, 6) is 0.0932. The summed E-state index contributed by atoms with van der Waals surface area (Å²) in [5.41, 5.74) is 2.15. The molecular formula is C14H22N2O2. The third kappa shape index (κ3) is 5.29. The number of amides is 1. The predicted octanol–water partition coefficient (Wildman–Crippen LogP) is 1.14. The Morgan fingerprint density at radius 2 is 1.89 bits per heavy atom. The number of nitrogens with one attached hydrogen (secondary N) is 1. The lowest BCUT2D eigenvalue weighted by molar-refractivity contribution is -0.120. The van der Waals surface area contributed by atoms with Crippen molar-refractivity contribution in [2.75, 3.05) is 20.6 Å². The molecule has 0 saturated heterocycles. The first-order valence-electron chi connectivity index (χ1n) is 6.23. The van der Waals surface area contributed by atoms with Crippen LogP contribution in [0.2, 0.25) is 0 Å². The van der Waals surface area contributed by atoms with Crippen LogP contribution in [0, 0.1) is 0 Å². The highest BCUT2D eigenvalue weighted by molar-refractivity contribution is 5.75. The van der Waals surface area contributed by atoms with Crippen LogP contribution in [0.3, 0.4) is 0 Å². The number of nitrogens with zero attached hydrogens (tertiary/aromatic N) is 1. The van der Waals surface area contributed by atoms with Crippen LogP contribution in [0.4, 0.5) is 0 Å². The molecule has 0 radical (unpaired) electrons. The van der Waals surface area contributed by atoms with Crippen LogP contribution in [0.25, 0.3) is 0 Å². The maximum Gasteiger partial charge on any atom is 0.219 e. The molecular weight excluding hydrogens is 228 g/mol. The average molecular weight is 250 g/mol. The minimum absolute atomic E-state index is 0.0856. The van der Waals surface area contributed by atoms with E-state index in [1.807, 2.05) is 31.3 Å². The standard InChI is InChI=1S/C14H22N2O2/c1-15-14(18)4-3-9-16(2)10-12-5-7-13(11-17)8-6-12/h5-8,17H,3-4,9-11H2,1-2H3,(H,15,18). The van der Waals surface area contributed by atoms with Crippen molar-refractivity contribution in [3.05, 3.63) is 35.4 Å². The van der Waals surface area contributed by atoms with Gasteiger partial charge in [-0.3, -0.25) is 4.79 Å². The third-order valence-electron chi connectivity index (χ3n) is 2.88. The number of rotatable bonds is 7. The Kier molecular flexibility index (Phi) is 6.39. The maximum absolute atomic E-state index is 11.1. The Hall–Kier alpha value is -1.39. The Morgan fingerprint density at radius 3 is 2.44 bits per heavy atom. The fraction of sp³-hybridized carbons (Fsp3) is 0.500. The van der Waals surface area contributed by atoms with E-state index >= 15 is 0 Å². The Balaban J connectivity index is 2.30. The number of carbonyl (C=O) groups excluding carboxylic acids is 1. The quantitative estimate of drug-likeness (QED) is 0.763. The summed E-state index contributed by atoms with van der Waals surface area (Å²) >= 11 is 0. The van der Waals surface area contributed by atoms with Gasteiger partial charge in [-0.2, -0.15) is 0 Å². The molecule has 0 aliphatic rings. The van der Waals surface area contributed by atoms with E-state index in [0.29, 0.717) is 6.42 Å². The van der Waals surface area contributed by atoms with Gasteiger partial charge in [-0.25, -0.2) is 0 Å². The van der Waals surface area contributed by atoms with E-state index < -0.39 is 0 Å². The summed E-state index contributed by atoms with van der Waals surface area (Å²) in [7, 11) is 3.71. The molecule has 0 spiro atoms. The van der Waals surface area contributed by atoms with E-state index in [-0.39, 0.29) is 12.5 Å². The van der Waals surface area contributed by atoms with Crippen LogP contribution in [0.15, 0.2) is 24.3 Å². The molecule has 0 fully saturated rings. The predicted molar refractivity (Wildman–Crippen MR) is 72.0 cm³/mol. The molecule has 1 aromatic rings. The van der Waals surface area contributed by atoms with Crippen LogP contribution < -0.4 is 5.32 Å². The maximum atomic E-state index is 11.1. The number of carbonyl (C=O) groups is 1. The molecule has 4 heteroatoms. The Morgan fingerprint density at radius 1 is 1.28 bits per heavy atom. The SMILES string of the molecule is CNC(=O)CCCN(C)Cc1ccc(CO)cc1. The van der Waals surface area contributed by atoms with Crippen LogP contribution in [0.5, 0.6) is 0 Å². The first-order chi connectivity index (χ1) is 8.65. The second-order valence-corrected chi connectivity index (χ2v) is 4.49. The number of aliphatic hydroxyl groups is 1. The zero-order valence-corrected chi connectivity index (χ0v) is 11.1. The lowest BCUT2D eigenvalue weighted by Crippen LogP contribution is -2.22. The van der Waals surface area contributed by atoms with Gasteiger partial charge in [0.05, 0.1) is 6.61 Å². The highest BCUT2D eigenvalue weighted by Crippen LogP contribution is 2.07. The fourth-order valence-electron chi connectivity index (χ4n) is 1.78. The smallest absolute Gasteiger partial charge is 0.219 e. The lowest BCUT2D eigenvalue weighted by atomic mass is 10.1. The van der Waals surface area contributed by atoms with Gasteiger partial charge in [0.15, 0.2) is 0 Å². The van der Waals surface area contributed by atoms with Crippen molar-refractivity contribution in [1.82, 2.24) is 10.2 Å².